The first-order valence-electron chi connectivity index (χ1n) is 6.68. The zero-order chi connectivity index (χ0) is 14.0. The maximum absolute atomic E-state index is 12.5. The second-order valence-corrected chi connectivity index (χ2v) is 5.22. The van der Waals surface area contributed by atoms with Crippen molar-refractivity contribution < 1.29 is 9.53 Å². The molecule has 1 amide bonds. The first-order valence-corrected chi connectivity index (χ1v) is 6.68. The third kappa shape index (κ3) is 2.73. The monoisotopic (exact) mass is 262 g/mol. The summed E-state index contributed by atoms with van der Waals surface area (Å²) >= 11 is 0. The molecule has 1 aliphatic heterocycles. The van der Waals surface area contributed by atoms with Crippen LogP contribution >= 0.6 is 0 Å². The molecule has 1 atom stereocenters. The SMILES string of the molecule is COc1c(C)cc(C)cc1N(C)C(=O)C1CCNC1. The van der Waals surface area contributed by atoms with Crippen LogP contribution in [0.15, 0.2) is 12.1 Å². The van der Waals surface area contributed by atoms with Crippen LogP contribution < -0.4 is 15.0 Å². The van der Waals surface area contributed by atoms with Gasteiger partial charge in [-0.2, -0.15) is 0 Å². The highest BCUT2D eigenvalue weighted by Crippen LogP contribution is 2.33. The number of ether oxygens (including phenoxy) is 1. The van der Waals surface area contributed by atoms with Crippen LogP contribution in [0.1, 0.15) is 17.5 Å². The molecule has 1 unspecified atom stereocenters. The maximum atomic E-state index is 12.5. The van der Waals surface area contributed by atoms with Crippen molar-refractivity contribution in [2.45, 2.75) is 20.3 Å². The van der Waals surface area contributed by atoms with Gasteiger partial charge in [-0.3, -0.25) is 4.79 Å². The lowest BCUT2D eigenvalue weighted by molar-refractivity contribution is -0.121. The van der Waals surface area contributed by atoms with Gasteiger partial charge in [0.25, 0.3) is 0 Å². The van der Waals surface area contributed by atoms with E-state index in [1.165, 1.54) is 0 Å². The van der Waals surface area contributed by atoms with E-state index >= 15 is 0 Å². The summed E-state index contributed by atoms with van der Waals surface area (Å²) in [7, 11) is 3.48. The van der Waals surface area contributed by atoms with Crippen molar-refractivity contribution in [1.82, 2.24) is 5.32 Å². The number of nitrogens with zero attached hydrogens (tertiary/aromatic N) is 1. The average molecular weight is 262 g/mol. The minimum Gasteiger partial charge on any atom is -0.494 e. The fraction of sp³-hybridized carbons (Fsp3) is 0.533. The zero-order valence-corrected chi connectivity index (χ0v) is 12.1. The van der Waals surface area contributed by atoms with E-state index < -0.39 is 0 Å². The number of rotatable bonds is 3. The summed E-state index contributed by atoms with van der Waals surface area (Å²) in [6.07, 6.45) is 0.913. The van der Waals surface area contributed by atoms with E-state index in [9.17, 15) is 4.79 Å². The molecular formula is C15H22N2O2. The minimum atomic E-state index is 0.0792. The van der Waals surface area contributed by atoms with Crippen molar-refractivity contribution in [1.29, 1.82) is 0 Å². The number of carbonyl (C=O) groups is 1. The fourth-order valence-electron chi connectivity index (χ4n) is 2.70. The third-order valence-electron chi connectivity index (χ3n) is 3.70. The smallest absolute Gasteiger partial charge is 0.231 e. The van der Waals surface area contributed by atoms with Gasteiger partial charge in [-0.25, -0.2) is 0 Å². The molecule has 1 saturated heterocycles. The molecule has 104 valence electrons. The van der Waals surface area contributed by atoms with Gasteiger partial charge in [-0.15, -0.1) is 0 Å². The van der Waals surface area contributed by atoms with Crippen molar-refractivity contribution >= 4 is 11.6 Å². The quantitative estimate of drug-likeness (QED) is 0.904. The molecule has 1 aliphatic rings. The van der Waals surface area contributed by atoms with Crippen LogP contribution in [0.4, 0.5) is 5.69 Å². The van der Waals surface area contributed by atoms with Crippen LogP contribution in [-0.4, -0.2) is 33.2 Å². The van der Waals surface area contributed by atoms with E-state index in [0.717, 1.165) is 42.1 Å². The largest absolute Gasteiger partial charge is 0.494 e. The molecule has 1 aromatic carbocycles. The van der Waals surface area contributed by atoms with E-state index in [1.54, 1.807) is 12.0 Å². The number of amides is 1. The van der Waals surface area contributed by atoms with Crippen molar-refractivity contribution in [2.24, 2.45) is 5.92 Å². The highest BCUT2D eigenvalue weighted by Gasteiger charge is 2.27. The summed E-state index contributed by atoms with van der Waals surface area (Å²) in [4.78, 5) is 14.2. The van der Waals surface area contributed by atoms with Crippen LogP contribution in [0.25, 0.3) is 0 Å². The van der Waals surface area contributed by atoms with Crippen molar-refractivity contribution in [2.75, 3.05) is 32.1 Å². The topological polar surface area (TPSA) is 41.6 Å². The molecule has 4 heteroatoms. The molecule has 2 rings (SSSR count). The summed E-state index contributed by atoms with van der Waals surface area (Å²) in [6.45, 7) is 5.74. The molecule has 1 fully saturated rings. The fourth-order valence-corrected chi connectivity index (χ4v) is 2.70. The third-order valence-corrected chi connectivity index (χ3v) is 3.70. The van der Waals surface area contributed by atoms with Gasteiger partial charge in [0.15, 0.2) is 0 Å². The lowest BCUT2D eigenvalue weighted by Gasteiger charge is -2.24. The van der Waals surface area contributed by atoms with Gasteiger partial charge in [0.05, 0.1) is 18.7 Å². The molecule has 0 radical (unpaired) electrons. The second-order valence-electron chi connectivity index (χ2n) is 5.22. The van der Waals surface area contributed by atoms with Crippen molar-refractivity contribution in [3.05, 3.63) is 23.3 Å². The Balaban J connectivity index is 2.31. The van der Waals surface area contributed by atoms with Gasteiger partial charge in [0.1, 0.15) is 5.75 Å². The van der Waals surface area contributed by atoms with Crippen LogP contribution in [0.2, 0.25) is 0 Å². The van der Waals surface area contributed by atoms with E-state index in [-0.39, 0.29) is 11.8 Å². The Morgan fingerprint density at radius 2 is 2.16 bits per heavy atom. The lowest BCUT2D eigenvalue weighted by Crippen LogP contribution is -2.34. The average Bonchev–Trinajstić information content (AvgIpc) is 2.90. The first kappa shape index (κ1) is 13.9. The van der Waals surface area contributed by atoms with Gasteiger partial charge in [-0.1, -0.05) is 6.07 Å². The summed E-state index contributed by atoms with van der Waals surface area (Å²) in [5.41, 5.74) is 3.05. The molecule has 19 heavy (non-hydrogen) atoms. The maximum Gasteiger partial charge on any atom is 0.231 e. The Morgan fingerprint density at radius 1 is 1.42 bits per heavy atom. The van der Waals surface area contributed by atoms with E-state index in [2.05, 4.69) is 11.4 Å². The first-order chi connectivity index (χ1) is 9.04. The Bertz CT molecular complexity index is 479. The second kappa shape index (κ2) is 5.61. The van der Waals surface area contributed by atoms with Gasteiger partial charge in [0.2, 0.25) is 5.91 Å². The predicted molar refractivity (Wildman–Crippen MR) is 76.9 cm³/mol. The number of benzene rings is 1. The lowest BCUT2D eigenvalue weighted by atomic mass is 10.1. The summed E-state index contributed by atoms with van der Waals surface area (Å²) in [5, 5.41) is 3.23. The number of hydrogen-bond acceptors (Lipinski definition) is 3. The van der Waals surface area contributed by atoms with Crippen molar-refractivity contribution in [3.8, 4) is 5.75 Å². The zero-order valence-electron chi connectivity index (χ0n) is 12.1. The molecular weight excluding hydrogens is 240 g/mol. The van der Waals surface area contributed by atoms with E-state index in [1.807, 2.05) is 27.0 Å². The molecule has 1 N–H and O–H groups in total. The van der Waals surface area contributed by atoms with Gasteiger partial charge in [0, 0.05) is 13.6 Å². The van der Waals surface area contributed by atoms with E-state index in [4.69, 9.17) is 4.74 Å². The normalized spacial score (nSPS) is 18.4. The molecule has 0 spiro atoms. The highest BCUT2D eigenvalue weighted by molar-refractivity contribution is 5.96. The Labute approximate surface area is 114 Å². The van der Waals surface area contributed by atoms with Crippen LogP contribution in [-0.2, 0) is 4.79 Å². The molecule has 1 heterocycles. The number of hydrogen-bond donors (Lipinski definition) is 1. The molecule has 0 aliphatic carbocycles. The molecule has 0 saturated carbocycles. The van der Waals surface area contributed by atoms with E-state index in [0.29, 0.717) is 0 Å². The van der Waals surface area contributed by atoms with Crippen molar-refractivity contribution in [3.63, 3.8) is 0 Å². The molecule has 0 bridgehead atoms. The molecule has 4 nitrogen and oxygen atoms in total. The number of carbonyl (C=O) groups excluding carboxylic acids is 1. The number of methoxy groups -OCH3 is 1. The predicted octanol–water partition coefficient (Wildman–Crippen LogP) is 1.88. The summed E-state index contributed by atoms with van der Waals surface area (Å²) < 4.78 is 5.46. The van der Waals surface area contributed by atoms with Crippen LogP contribution in [0, 0.1) is 19.8 Å². The van der Waals surface area contributed by atoms with Gasteiger partial charge in [-0.05, 0) is 44.0 Å². The molecule has 1 aromatic rings. The number of aryl methyl sites for hydroxylation is 2. The Hall–Kier alpha value is -1.55. The van der Waals surface area contributed by atoms with Crippen LogP contribution in [0.5, 0.6) is 5.75 Å². The standard InChI is InChI=1S/C15H22N2O2/c1-10-7-11(2)14(19-4)13(8-10)17(3)15(18)12-5-6-16-9-12/h7-8,12,16H,5-6,9H2,1-4H3. The number of anilines is 1. The van der Waals surface area contributed by atoms with Gasteiger partial charge >= 0.3 is 0 Å². The Kier molecular flexibility index (Phi) is 4.10. The highest BCUT2D eigenvalue weighted by atomic mass is 16.5. The number of nitrogens with one attached hydrogen (secondary N) is 1. The van der Waals surface area contributed by atoms with Gasteiger partial charge < -0.3 is 15.0 Å². The minimum absolute atomic E-state index is 0.0792. The summed E-state index contributed by atoms with van der Waals surface area (Å²) in [6, 6.07) is 4.07. The molecule has 0 aromatic heterocycles. The Morgan fingerprint density at radius 3 is 2.74 bits per heavy atom. The van der Waals surface area contributed by atoms with Crippen LogP contribution in [0.3, 0.4) is 0 Å². The summed E-state index contributed by atoms with van der Waals surface area (Å²) in [5.74, 6) is 1.02.